The third-order valence-electron chi connectivity index (χ3n) is 4.61. The molecule has 162 valence electrons. The second-order valence-electron chi connectivity index (χ2n) is 7.32. The van der Waals surface area contributed by atoms with Crippen LogP contribution in [-0.4, -0.2) is 0 Å². The van der Waals surface area contributed by atoms with E-state index in [-0.39, 0.29) is 11.1 Å². The summed E-state index contributed by atoms with van der Waals surface area (Å²) in [6, 6.07) is 20.9. The molecule has 6 heteroatoms. The molecule has 0 saturated heterocycles. The van der Waals surface area contributed by atoms with Crippen LogP contribution < -0.4 is 0 Å². The molecule has 0 nitrogen and oxygen atoms in total. The first kappa shape index (κ1) is 23.2. The third kappa shape index (κ3) is 6.28. The second-order valence-corrected chi connectivity index (χ2v) is 9.55. The van der Waals surface area contributed by atoms with Crippen LogP contribution in [0.3, 0.4) is 0 Å². The minimum absolute atomic E-state index is 0.0582. The molecular weight excluding hydrogens is 440 g/mol. The van der Waals surface area contributed by atoms with Gasteiger partial charge in [-0.1, -0.05) is 54.6 Å². The fourth-order valence-corrected chi connectivity index (χ4v) is 4.49. The molecule has 0 aliphatic carbocycles. The highest BCUT2D eigenvalue weighted by molar-refractivity contribution is 7.15. The molecule has 0 fully saturated rings. The van der Waals surface area contributed by atoms with E-state index >= 15 is 0 Å². The summed E-state index contributed by atoms with van der Waals surface area (Å²) in [4.78, 5) is 3.43. The van der Waals surface area contributed by atoms with E-state index in [2.05, 4.69) is 0 Å². The highest BCUT2D eigenvalue weighted by atomic mass is 32.1. The highest BCUT2D eigenvalue weighted by Crippen LogP contribution is 2.32. The Labute approximate surface area is 187 Å². The summed E-state index contributed by atoms with van der Waals surface area (Å²) in [5, 5.41) is 1.97. The number of aryl methyl sites for hydroxylation is 1. The Kier molecular flexibility index (Phi) is 7.02. The summed E-state index contributed by atoms with van der Waals surface area (Å²) in [6.07, 6.45) is 0. The first-order chi connectivity index (χ1) is 14.5. The molecule has 4 aromatic rings. The average molecular weight is 463 g/mol. The highest BCUT2D eigenvalue weighted by Gasteiger charge is 2.24. The van der Waals surface area contributed by atoms with Crippen molar-refractivity contribution in [2.75, 3.05) is 0 Å². The van der Waals surface area contributed by atoms with Gasteiger partial charge in [-0.3, -0.25) is 0 Å². The summed E-state index contributed by atoms with van der Waals surface area (Å²) in [5.41, 5.74) is 2.09. The number of thiophene rings is 2. The zero-order valence-electron chi connectivity index (χ0n) is 17.3. The molecule has 0 saturated carbocycles. The van der Waals surface area contributed by atoms with E-state index in [0.29, 0.717) is 0 Å². The van der Waals surface area contributed by atoms with Crippen LogP contribution in [0, 0.1) is 6.92 Å². The van der Waals surface area contributed by atoms with E-state index in [1.54, 1.807) is 46.9 Å². The van der Waals surface area contributed by atoms with Gasteiger partial charge >= 0.3 is 0 Å². The van der Waals surface area contributed by atoms with Gasteiger partial charge in [0.1, 0.15) is 0 Å². The van der Waals surface area contributed by atoms with E-state index < -0.39 is 11.8 Å². The molecule has 31 heavy (non-hydrogen) atoms. The van der Waals surface area contributed by atoms with E-state index in [9.17, 15) is 17.6 Å². The predicted molar refractivity (Wildman–Crippen MR) is 123 cm³/mol. The lowest BCUT2D eigenvalue weighted by atomic mass is 10.1. The summed E-state index contributed by atoms with van der Waals surface area (Å²) >= 11 is 3.27. The smallest absolute Gasteiger partial charge is 0.202 e. The van der Waals surface area contributed by atoms with Crippen LogP contribution in [-0.2, 0) is 11.8 Å². The van der Waals surface area contributed by atoms with Crippen molar-refractivity contribution in [3.63, 3.8) is 0 Å². The van der Waals surface area contributed by atoms with Gasteiger partial charge < -0.3 is 0 Å². The normalized spacial score (nSPS) is 11.7. The van der Waals surface area contributed by atoms with Gasteiger partial charge in [0.25, 0.3) is 11.8 Å². The molecule has 0 aliphatic rings. The van der Waals surface area contributed by atoms with E-state index in [4.69, 9.17) is 0 Å². The van der Waals surface area contributed by atoms with Crippen LogP contribution in [0.25, 0.3) is 20.9 Å². The molecule has 2 heterocycles. The van der Waals surface area contributed by atoms with Crippen molar-refractivity contribution in [2.24, 2.45) is 0 Å². The van der Waals surface area contributed by atoms with Crippen molar-refractivity contribution in [1.82, 2.24) is 0 Å². The number of rotatable bonds is 4. The molecular formula is C25H22F4S2. The maximum atomic E-state index is 13.0. The summed E-state index contributed by atoms with van der Waals surface area (Å²) in [6.45, 7) is 3.85. The van der Waals surface area contributed by atoms with Crippen LogP contribution in [0.1, 0.15) is 29.9 Å². The van der Waals surface area contributed by atoms with Gasteiger partial charge in [0.05, 0.1) is 0 Å². The lowest BCUT2D eigenvalue weighted by molar-refractivity contribution is 0.0168. The van der Waals surface area contributed by atoms with Gasteiger partial charge in [-0.05, 0) is 41.6 Å². The topological polar surface area (TPSA) is 0 Å². The largest absolute Gasteiger partial charge is 0.270 e. The lowest BCUT2D eigenvalue weighted by Gasteiger charge is -2.10. The first-order valence-corrected chi connectivity index (χ1v) is 11.3. The van der Waals surface area contributed by atoms with Gasteiger partial charge in [0, 0.05) is 39.6 Å². The molecule has 0 amide bonds. The Morgan fingerprint density at radius 1 is 0.613 bits per heavy atom. The molecule has 0 unspecified atom stereocenters. The number of alkyl halides is 4. The minimum atomic E-state index is -2.76. The van der Waals surface area contributed by atoms with Crippen LogP contribution >= 0.6 is 22.7 Å². The molecule has 0 atom stereocenters. The van der Waals surface area contributed by atoms with Crippen LogP contribution in [0.2, 0.25) is 0 Å². The summed E-state index contributed by atoms with van der Waals surface area (Å²) in [7, 11) is 0. The maximum absolute atomic E-state index is 13.0. The molecule has 0 N–H and O–H groups in total. The molecule has 0 spiro atoms. The number of halogens is 4. The van der Waals surface area contributed by atoms with E-state index in [1.807, 2.05) is 36.6 Å². The van der Waals surface area contributed by atoms with Gasteiger partial charge in [-0.15, -0.1) is 22.7 Å². The van der Waals surface area contributed by atoms with Gasteiger partial charge in [-0.25, -0.2) is 17.6 Å². The number of benzene rings is 2. The van der Waals surface area contributed by atoms with Crippen molar-refractivity contribution >= 4 is 22.7 Å². The van der Waals surface area contributed by atoms with E-state index in [1.165, 1.54) is 29.1 Å². The SMILES string of the molecule is CC(F)(F)c1ccc(-c2cccs2)cc1.Cc1ccc(-c2ccc(C(C)(F)F)cc2)s1. The zero-order chi connectivity index (χ0) is 22.6. The molecule has 4 rings (SSSR count). The van der Waals surface area contributed by atoms with Gasteiger partial charge in [0.15, 0.2) is 0 Å². The van der Waals surface area contributed by atoms with Crippen molar-refractivity contribution in [3.05, 3.63) is 94.2 Å². The molecule has 2 aromatic carbocycles. The fraction of sp³-hybridized carbons (Fsp3) is 0.200. The standard InChI is InChI=1S/C13H12F2S.C12H10F2S/c1-9-3-8-12(16-9)10-4-6-11(7-5-10)13(2,14)15;1-12(13,14)10-6-4-9(5-7-10)11-3-2-8-15-11/h3-8H,1-2H3;2-8H,1H3. The average Bonchev–Trinajstić information content (AvgIpc) is 3.39. The molecule has 0 radical (unpaired) electrons. The second kappa shape index (κ2) is 9.37. The summed E-state index contributed by atoms with van der Waals surface area (Å²) < 4.78 is 51.9. The van der Waals surface area contributed by atoms with Crippen molar-refractivity contribution in [2.45, 2.75) is 32.6 Å². The molecule has 0 bridgehead atoms. The predicted octanol–water partition coefficient (Wildman–Crippen LogP) is 9.36. The van der Waals surface area contributed by atoms with E-state index in [0.717, 1.165) is 34.7 Å². The zero-order valence-corrected chi connectivity index (χ0v) is 19.0. The van der Waals surface area contributed by atoms with Crippen molar-refractivity contribution < 1.29 is 17.6 Å². The Bertz CT molecular complexity index is 1080. The number of hydrogen-bond donors (Lipinski definition) is 0. The first-order valence-electron chi connectivity index (χ1n) is 9.61. The number of hydrogen-bond acceptors (Lipinski definition) is 2. The lowest BCUT2D eigenvalue weighted by Crippen LogP contribution is -2.06. The summed E-state index contributed by atoms with van der Waals surface area (Å²) in [5.74, 6) is -5.52. The minimum Gasteiger partial charge on any atom is -0.202 e. The monoisotopic (exact) mass is 462 g/mol. The van der Waals surface area contributed by atoms with Crippen molar-refractivity contribution in [1.29, 1.82) is 0 Å². The van der Waals surface area contributed by atoms with Crippen molar-refractivity contribution in [3.8, 4) is 20.9 Å². The fourth-order valence-electron chi connectivity index (χ4n) is 2.89. The molecule has 0 aliphatic heterocycles. The quantitative estimate of drug-likeness (QED) is 0.265. The van der Waals surface area contributed by atoms with Gasteiger partial charge in [0.2, 0.25) is 0 Å². The van der Waals surface area contributed by atoms with Crippen LogP contribution in [0.5, 0.6) is 0 Å². The Morgan fingerprint density at radius 3 is 1.45 bits per heavy atom. The van der Waals surface area contributed by atoms with Crippen LogP contribution in [0.4, 0.5) is 17.6 Å². The Balaban J connectivity index is 0.000000176. The van der Waals surface area contributed by atoms with Gasteiger partial charge in [-0.2, -0.15) is 0 Å². The third-order valence-corrected chi connectivity index (χ3v) is 6.58. The Hall–Kier alpha value is -2.44. The van der Waals surface area contributed by atoms with Crippen LogP contribution in [0.15, 0.2) is 78.2 Å². The Morgan fingerprint density at radius 2 is 1.10 bits per heavy atom. The molecule has 2 aromatic heterocycles. The maximum Gasteiger partial charge on any atom is 0.270 e.